The van der Waals surface area contributed by atoms with Crippen molar-refractivity contribution in [2.75, 3.05) is 0 Å². The number of hydrogen-bond acceptors (Lipinski definition) is 4. The van der Waals surface area contributed by atoms with Crippen molar-refractivity contribution >= 4 is 23.2 Å². The minimum absolute atomic E-state index is 0.0431. The molecule has 7 heteroatoms. The molecule has 1 saturated carbocycles. The summed E-state index contributed by atoms with van der Waals surface area (Å²) in [6.45, 7) is 0. The van der Waals surface area contributed by atoms with E-state index in [2.05, 4.69) is 5.32 Å². The SMILES string of the molecule is O=C(NC1CC(O)C1)c1c(Cl)cccc1[N+](=O)[O-]. The molecule has 2 N–H and O–H groups in total. The normalized spacial score (nSPS) is 22.1. The topological polar surface area (TPSA) is 92.5 Å². The van der Waals surface area contributed by atoms with E-state index in [1.807, 2.05) is 0 Å². The van der Waals surface area contributed by atoms with E-state index in [4.69, 9.17) is 16.7 Å². The Morgan fingerprint density at radius 1 is 1.50 bits per heavy atom. The van der Waals surface area contributed by atoms with Crippen LogP contribution in [0.5, 0.6) is 0 Å². The van der Waals surface area contributed by atoms with Crippen LogP contribution in [-0.4, -0.2) is 28.1 Å². The van der Waals surface area contributed by atoms with Crippen molar-refractivity contribution in [2.24, 2.45) is 0 Å². The molecule has 1 aromatic rings. The quantitative estimate of drug-likeness (QED) is 0.643. The summed E-state index contributed by atoms with van der Waals surface area (Å²) in [6.07, 6.45) is 0.519. The number of carbonyl (C=O) groups is 1. The number of aliphatic hydroxyl groups excluding tert-OH is 1. The fourth-order valence-corrected chi connectivity index (χ4v) is 2.11. The van der Waals surface area contributed by atoms with Gasteiger partial charge in [0, 0.05) is 12.1 Å². The lowest BCUT2D eigenvalue weighted by Crippen LogP contribution is -2.46. The average molecular weight is 271 g/mol. The van der Waals surface area contributed by atoms with Gasteiger partial charge in [-0.15, -0.1) is 0 Å². The zero-order valence-corrected chi connectivity index (χ0v) is 10.1. The van der Waals surface area contributed by atoms with Crippen molar-refractivity contribution in [1.82, 2.24) is 5.32 Å². The Kier molecular flexibility index (Phi) is 3.49. The van der Waals surface area contributed by atoms with Crippen LogP contribution in [0.3, 0.4) is 0 Å². The molecule has 1 aliphatic rings. The van der Waals surface area contributed by atoms with Crippen molar-refractivity contribution in [3.63, 3.8) is 0 Å². The average Bonchev–Trinajstić information content (AvgIpc) is 2.26. The highest BCUT2D eigenvalue weighted by Crippen LogP contribution is 2.27. The zero-order chi connectivity index (χ0) is 13.3. The fraction of sp³-hybridized carbons (Fsp3) is 0.364. The fourth-order valence-electron chi connectivity index (χ4n) is 1.85. The second-order valence-corrected chi connectivity index (χ2v) is 4.59. The molecule has 2 rings (SSSR count). The molecule has 1 aromatic carbocycles. The van der Waals surface area contributed by atoms with Crippen molar-refractivity contribution < 1.29 is 14.8 Å². The van der Waals surface area contributed by atoms with Gasteiger partial charge in [0.1, 0.15) is 5.56 Å². The first-order valence-electron chi connectivity index (χ1n) is 5.41. The maximum atomic E-state index is 11.9. The van der Waals surface area contributed by atoms with Crippen molar-refractivity contribution in [1.29, 1.82) is 0 Å². The van der Waals surface area contributed by atoms with Crippen LogP contribution in [-0.2, 0) is 0 Å². The van der Waals surface area contributed by atoms with E-state index in [0.717, 1.165) is 0 Å². The maximum absolute atomic E-state index is 11.9. The van der Waals surface area contributed by atoms with Gasteiger partial charge in [-0.1, -0.05) is 17.7 Å². The van der Waals surface area contributed by atoms with Crippen LogP contribution < -0.4 is 5.32 Å². The number of carbonyl (C=O) groups excluding carboxylic acids is 1. The van der Waals surface area contributed by atoms with E-state index in [1.165, 1.54) is 18.2 Å². The number of benzene rings is 1. The van der Waals surface area contributed by atoms with Gasteiger partial charge in [0.25, 0.3) is 11.6 Å². The Balaban J connectivity index is 2.21. The van der Waals surface area contributed by atoms with Crippen LogP contribution in [0.2, 0.25) is 5.02 Å². The van der Waals surface area contributed by atoms with E-state index >= 15 is 0 Å². The molecule has 0 aromatic heterocycles. The van der Waals surface area contributed by atoms with Gasteiger partial charge in [-0.2, -0.15) is 0 Å². The van der Waals surface area contributed by atoms with E-state index in [-0.39, 0.29) is 22.3 Å². The number of nitrogens with one attached hydrogen (secondary N) is 1. The highest BCUT2D eigenvalue weighted by Gasteiger charge is 2.31. The molecule has 0 bridgehead atoms. The summed E-state index contributed by atoms with van der Waals surface area (Å²) in [5.41, 5.74) is -0.453. The number of halogens is 1. The van der Waals surface area contributed by atoms with E-state index in [9.17, 15) is 14.9 Å². The molecule has 18 heavy (non-hydrogen) atoms. The van der Waals surface area contributed by atoms with Crippen LogP contribution in [0.25, 0.3) is 0 Å². The van der Waals surface area contributed by atoms with E-state index in [0.29, 0.717) is 12.8 Å². The largest absolute Gasteiger partial charge is 0.393 e. The van der Waals surface area contributed by atoms with Gasteiger partial charge in [0.15, 0.2) is 0 Å². The monoisotopic (exact) mass is 270 g/mol. The van der Waals surface area contributed by atoms with Crippen LogP contribution >= 0.6 is 11.6 Å². The lowest BCUT2D eigenvalue weighted by Gasteiger charge is -2.31. The summed E-state index contributed by atoms with van der Waals surface area (Å²) in [6, 6.07) is 3.93. The Bertz CT molecular complexity index is 500. The molecular formula is C11H11ClN2O4. The number of nitro benzene ring substituents is 1. The van der Waals surface area contributed by atoms with Crippen LogP contribution in [0.1, 0.15) is 23.2 Å². The third-order valence-electron chi connectivity index (χ3n) is 2.86. The van der Waals surface area contributed by atoms with Crippen LogP contribution in [0.15, 0.2) is 18.2 Å². The molecule has 1 amide bonds. The molecule has 0 heterocycles. The van der Waals surface area contributed by atoms with Gasteiger partial charge in [-0.25, -0.2) is 0 Å². The highest BCUT2D eigenvalue weighted by atomic mass is 35.5. The number of amides is 1. The molecule has 0 saturated heterocycles. The standard InChI is InChI=1S/C11H11ClN2O4/c12-8-2-1-3-9(14(17)18)10(8)11(16)13-6-4-7(15)5-6/h1-3,6-7,15H,4-5H2,(H,13,16). The lowest BCUT2D eigenvalue weighted by atomic mass is 9.89. The molecule has 0 atom stereocenters. The number of hydrogen-bond donors (Lipinski definition) is 2. The van der Waals surface area contributed by atoms with Crippen molar-refractivity contribution in [2.45, 2.75) is 25.0 Å². The van der Waals surface area contributed by atoms with Gasteiger partial charge in [0.2, 0.25) is 0 Å². The molecule has 1 aliphatic carbocycles. The summed E-state index contributed by atoms with van der Waals surface area (Å²) in [7, 11) is 0. The Hall–Kier alpha value is -1.66. The van der Waals surface area contributed by atoms with Gasteiger partial charge >= 0.3 is 0 Å². The molecule has 0 aliphatic heterocycles. The summed E-state index contributed by atoms with van der Waals surface area (Å²) < 4.78 is 0. The number of nitro groups is 1. The maximum Gasteiger partial charge on any atom is 0.283 e. The molecule has 1 fully saturated rings. The van der Waals surface area contributed by atoms with E-state index < -0.39 is 16.9 Å². The minimum atomic E-state index is -0.642. The third kappa shape index (κ3) is 2.44. The molecular weight excluding hydrogens is 260 g/mol. The van der Waals surface area contributed by atoms with Gasteiger partial charge in [-0.05, 0) is 18.9 Å². The zero-order valence-electron chi connectivity index (χ0n) is 9.30. The smallest absolute Gasteiger partial charge is 0.283 e. The van der Waals surface area contributed by atoms with Crippen molar-refractivity contribution in [3.05, 3.63) is 38.9 Å². The summed E-state index contributed by atoms with van der Waals surface area (Å²) in [4.78, 5) is 22.1. The third-order valence-corrected chi connectivity index (χ3v) is 3.18. The van der Waals surface area contributed by atoms with E-state index in [1.54, 1.807) is 0 Å². The Labute approximate surface area is 108 Å². The molecule has 96 valence electrons. The first-order chi connectivity index (χ1) is 8.49. The van der Waals surface area contributed by atoms with Crippen LogP contribution in [0, 0.1) is 10.1 Å². The second kappa shape index (κ2) is 4.91. The summed E-state index contributed by atoms with van der Waals surface area (Å²) >= 11 is 5.83. The Morgan fingerprint density at radius 2 is 2.17 bits per heavy atom. The number of aliphatic hydroxyl groups is 1. The predicted molar refractivity (Wildman–Crippen MR) is 64.6 cm³/mol. The lowest BCUT2D eigenvalue weighted by molar-refractivity contribution is -0.385. The molecule has 6 nitrogen and oxygen atoms in total. The second-order valence-electron chi connectivity index (χ2n) is 4.19. The number of nitrogens with zero attached hydrogens (tertiary/aromatic N) is 1. The van der Waals surface area contributed by atoms with Gasteiger partial charge in [-0.3, -0.25) is 14.9 Å². The summed E-state index contributed by atoms with van der Waals surface area (Å²) in [5, 5.41) is 22.6. The predicted octanol–water partition coefficient (Wildman–Crippen LogP) is 1.50. The first-order valence-corrected chi connectivity index (χ1v) is 5.78. The minimum Gasteiger partial charge on any atom is -0.393 e. The van der Waals surface area contributed by atoms with Gasteiger partial charge in [0.05, 0.1) is 16.0 Å². The Morgan fingerprint density at radius 3 is 2.72 bits per heavy atom. The van der Waals surface area contributed by atoms with Crippen molar-refractivity contribution in [3.8, 4) is 0 Å². The number of rotatable bonds is 3. The molecule has 0 spiro atoms. The van der Waals surface area contributed by atoms with Crippen LogP contribution in [0.4, 0.5) is 5.69 Å². The highest BCUT2D eigenvalue weighted by molar-refractivity contribution is 6.34. The summed E-state index contributed by atoms with van der Waals surface area (Å²) in [5.74, 6) is -0.579. The first kappa shape index (κ1) is 12.8. The van der Waals surface area contributed by atoms with Gasteiger partial charge < -0.3 is 10.4 Å². The molecule has 0 unspecified atom stereocenters. The molecule has 0 radical (unpaired) electrons.